The van der Waals surface area contributed by atoms with E-state index in [0.717, 1.165) is 77.8 Å². The molecule has 0 saturated carbocycles. The van der Waals surface area contributed by atoms with Crippen molar-refractivity contribution in [3.05, 3.63) is 49.1 Å². The zero-order valence-electron chi connectivity index (χ0n) is 30.6. The van der Waals surface area contributed by atoms with Crippen molar-refractivity contribution in [3.63, 3.8) is 0 Å². The highest BCUT2D eigenvalue weighted by Gasteiger charge is 2.90. The lowest BCUT2D eigenvalue weighted by molar-refractivity contribution is -0.0784. The molecule has 4 heterocycles. The van der Waals surface area contributed by atoms with E-state index in [2.05, 4.69) is 101 Å². The molecule has 4 saturated heterocycles. The van der Waals surface area contributed by atoms with E-state index >= 15 is 0 Å². The second-order valence-corrected chi connectivity index (χ2v) is 42.4. The standard InChI is InChI=1S/C36H68O4Si5/c1-13-41(5,6)33(25-17-21-29-37-33)45(34(42(7,8)14-2)26-18-22-30-38-34,35(43(9,10)15-3)27-19-23-31-39-35)36(44(11,12)16-4)28-20-24-32-40-36/h13-16H,1-4,17-32H2,5-12H3. The van der Waals surface area contributed by atoms with Gasteiger partial charge in [-0.15, -0.1) is 26.3 Å². The lowest BCUT2D eigenvalue weighted by Crippen LogP contribution is -3.04. The van der Waals surface area contributed by atoms with Crippen LogP contribution in [0.4, 0.5) is 0 Å². The Bertz CT molecular complexity index is 915. The molecular formula is C36H68O4Si5. The molecule has 0 aliphatic carbocycles. The largest absolute Gasteiger partial charge is 0.381 e. The van der Waals surface area contributed by atoms with E-state index in [1.165, 1.54) is 25.7 Å². The van der Waals surface area contributed by atoms with Gasteiger partial charge in [-0.25, -0.2) is 0 Å². The van der Waals surface area contributed by atoms with Gasteiger partial charge in [0.25, 0.3) is 0 Å². The summed E-state index contributed by atoms with van der Waals surface area (Å²) >= 11 is 0. The predicted molar refractivity (Wildman–Crippen MR) is 207 cm³/mol. The van der Waals surface area contributed by atoms with Crippen LogP contribution in [0, 0.1) is 0 Å². The van der Waals surface area contributed by atoms with Gasteiger partial charge in [-0.2, -0.15) is 0 Å². The lowest BCUT2D eigenvalue weighted by Gasteiger charge is -2.80. The second-order valence-electron chi connectivity index (χ2n) is 17.0. The Morgan fingerprint density at radius 1 is 0.378 bits per heavy atom. The highest BCUT2D eigenvalue weighted by Crippen LogP contribution is 2.67. The minimum Gasteiger partial charge on any atom is -0.381 e. The molecule has 4 rings (SSSR count). The van der Waals surface area contributed by atoms with Crippen LogP contribution >= 0.6 is 0 Å². The molecule has 4 atom stereocenters. The molecule has 0 aromatic heterocycles. The third kappa shape index (κ3) is 5.02. The number of ether oxygens (including phenoxy) is 4. The number of hydrogen-bond acceptors (Lipinski definition) is 4. The van der Waals surface area contributed by atoms with Crippen molar-refractivity contribution in [3.8, 4) is 0 Å². The van der Waals surface area contributed by atoms with Crippen LogP contribution in [0.25, 0.3) is 0 Å². The first-order chi connectivity index (χ1) is 21.1. The van der Waals surface area contributed by atoms with E-state index < -0.39 is 40.4 Å². The van der Waals surface area contributed by atoms with Gasteiger partial charge in [0.2, 0.25) is 0 Å². The van der Waals surface area contributed by atoms with Crippen LogP contribution in [0.3, 0.4) is 0 Å². The van der Waals surface area contributed by atoms with Crippen molar-refractivity contribution < 1.29 is 18.9 Å². The van der Waals surface area contributed by atoms with Crippen LogP contribution in [-0.4, -0.2) is 86.2 Å². The van der Waals surface area contributed by atoms with Crippen LogP contribution in [0.1, 0.15) is 77.0 Å². The monoisotopic (exact) mass is 704 g/mol. The quantitative estimate of drug-likeness (QED) is 0.190. The fraction of sp³-hybridized carbons (Fsp3) is 0.778. The minimum absolute atomic E-state index is 0.389. The van der Waals surface area contributed by atoms with Gasteiger partial charge in [-0.05, 0) is 77.0 Å². The van der Waals surface area contributed by atoms with Crippen LogP contribution in [-0.2, 0) is 18.9 Å². The highest BCUT2D eigenvalue weighted by atomic mass is 28.5. The van der Waals surface area contributed by atoms with Gasteiger partial charge in [-0.3, -0.25) is 0 Å². The summed E-state index contributed by atoms with van der Waals surface area (Å²) in [7, 11) is -13.0. The fourth-order valence-corrected chi connectivity index (χ4v) is 51.0. The van der Waals surface area contributed by atoms with E-state index in [1.54, 1.807) is 0 Å². The first-order valence-electron chi connectivity index (χ1n) is 18.2. The van der Waals surface area contributed by atoms with Crippen LogP contribution in [0.5, 0.6) is 0 Å². The molecule has 0 N–H and O–H groups in total. The van der Waals surface area contributed by atoms with Crippen molar-refractivity contribution in [2.75, 3.05) is 26.4 Å². The summed E-state index contributed by atoms with van der Waals surface area (Å²) in [6.45, 7) is 42.5. The summed E-state index contributed by atoms with van der Waals surface area (Å²) in [6.07, 6.45) is 13.3. The lowest BCUT2D eigenvalue weighted by atomic mass is 10.2. The molecule has 0 spiro atoms. The van der Waals surface area contributed by atoms with Crippen molar-refractivity contribution in [2.45, 2.75) is 149 Å². The smallest absolute Gasteiger partial charge is 0.183 e. The Balaban J connectivity index is 2.49. The molecule has 45 heavy (non-hydrogen) atoms. The molecular weight excluding hydrogens is 637 g/mol. The Morgan fingerprint density at radius 3 is 0.711 bits per heavy atom. The summed E-state index contributed by atoms with van der Waals surface area (Å²) in [6, 6.07) is 0. The Hall–Kier alpha value is -0.116. The van der Waals surface area contributed by atoms with Crippen molar-refractivity contribution >= 4 is 40.4 Å². The maximum atomic E-state index is 7.92. The zero-order chi connectivity index (χ0) is 33.5. The van der Waals surface area contributed by atoms with E-state index in [0.29, 0.717) is 0 Å². The Labute approximate surface area is 282 Å². The van der Waals surface area contributed by atoms with E-state index in [9.17, 15) is 0 Å². The molecule has 256 valence electrons. The Kier molecular flexibility index (Phi) is 11.1. The molecule has 4 fully saturated rings. The Morgan fingerprint density at radius 2 is 0.578 bits per heavy atom. The molecule has 0 amide bonds. The van der Waals surface area contributed by atoms with Crippen molar-refractivity contribution in [2.24, 2.45) is 0 Å². The topological polar surface area (TPSA) is 36.9 Å². The van der Waals surface area contributed by atoms with Crippen LogP contribution in [0.15, 0.2) is 49.1 Å². The molecule has 4 aliphatic heterocycles. The van der Waals surface area contributed by atoms with Gasteiger partial charge in [-0.1, -0.05) is 75.2 Å². The molecule has 0 aromatic rings. The van der Waals surface area contributed by atoms with Crippen LogP contribution in [0.2, 0.25) is 52.4 Å². The van der Waals surface area contributed by atoms with E-state index in [4.69, 9.17) is 18.9 Å². The molecule has 0 aromatic carbocycles. The first-order valence-corrected chi connectivity index (χ1v) is 32.5. The van der Waals surface area contributed by atoms with E-state index in [-0.39, 0.29) is 19.4 Å². The predicted octanol–water partition coefficient (Wildman–Crippen LogP) is 9.24. The molecule has 0 radical (unpaired) electrons. The summed E-state index contributed by atoms with van der Waals surface area (Å²) in [5.74, 6) is 0. The molecule has 4 unspecified atom stereocenters. The fourth-order valence-electron chi connectivity index (χ4n) is 10.9. The van der Waals surface area contributed by atoms with E-state index in [1.807, 2.05) is 0 Å². The van der Waals surface area contributed by atoms with Gasteiger partial charge < -0.3 is 18.9 Å². The van der Waals surface area contributed by atoms with Gasteiger partial charge in [0.05, 0.1) is 19.4 Å². The zero-order valence-corrected chi connectivity index (χ0v) is 35.6. The summed E-state index contributed by atoms with van der Waals surface area (Å²) < 4.78 is 31.7. The second kappa shape index (κ2) is 13.3. The summed E-state index contributed by atoms with van der Waals surface area (Å²) in [5, 5.41) is 0. The third-order valence-electron chi connectivity index (χ3n) is 13.7. The van der Waals surface area contributed by atoms with Gasteiger partial charge in [0.15, 0.2) is 8.07 Å². The molecule has 4 aliphatic rings. The normalized spacial score (nSPS) is 35.6. The van der Waals surface area contributed by atoms with Gasteiger partial charge >= 0.3 is 0 Å². The SMILES string of the molecule is C=C[Si](C)(C)C1([Si](C2([Si](C)(C)C=C)CCCCO2)(C2([Si](C)(C)C=C)CCCCO2)C2([Si](C)(C)C=C)CCCCO2)CCCCO1. The van der Waals surface area contributed by atoms with Crippen LogP contribution < -0.4 is 0 Å². The third-order valence-corrected chi connectivity index (χ3v) is 46.4. The average Bonchev–Trinajstić information content (AvgIpc) is 3.06. The average molecular weight is 705 g/mol. The number of rotatable bonds is 12. The van der Waals surface area contributed by atoms with Gasteiger partial charge in [0.1, 0.15) is 32.3 Å². The molecule has 0 bridgehead atoms. The highest BCUT2D eigenvalue weighted by molar-refractivity contribution is 7.23. The maximum Gasteiger partial charge on any atom is 0.183 e. The van der Waals surface area contributed by atoms with Crippen molar-refractivity contribution in [1.29, 1.82) is 0 Å². The molecule has 4 nitrogen and oxygen atoms in total. The minimum atomic E-state index is -3.35. The maximum absolute atomic E-state index is 7.92. The molecule has 9 heteroatoms. The summed E-state index contributed by atoms with van der Waals surface area (Å²) in [4.78, 5) is -1.56. The number of hydrogen-bond donors (Lipinski definition) is 0. The van der Waals surface area contributed by atoms with Crippen molar-refractivity contribution in [1.82, 2.24) is 0 Å². The first kappa shape index (κ1) is 37.7. The summed E-state index contributed by atoms with van der Waals surface area (Å²) in [5.41, 5.74) is 9.54. The van der Waals surface area contributed by atoms with Gasteiger partial charge in [0, 0.05) is 26.4 Å².